The Hall–Kier alpha value is -1.44. The first-order chi connectivity index (χ1) is 7.36. The third-order valence-electron chi connectivity index (χ3n) is 2.31. The lowest BCUT2D eigenvalue weighted by molar-refractivity contribution is -0.140. The van der Waals surface area contributed by atoms with Gasteiger partial charge in [0.2, 0.25) is 4.75 Å². The Labute approximate surface area is 92.5 Å². The van der Waals surface area contributed by atoms with Crippen LogP contribution in [0.25, 0.3) is 0 Å². The van der Waals surface area contributed by atoms with Crippen molar-refractivity contribution in [3.05, 3.63) is 35.9 Å². The van der Waals surface area contributed by atoms with Gasteiger partial charge in [0.25, 0.3) is 10.1 Å². The van der Waals surface area contributed by atoms with Gasteiger partial charge in [-0.25, -0.2) is 4.79 Å². The molecule has 0 fully saturated rings. The first kappa shape index (κ1) is 12.6. The van der Waals surface area contributed by atoms with Crippen molar-refractivity contribution in [3.8, 4) is 0 Å². The van der Waals surface area contributed by atoms with Crippen molar-refractivity contribution in [1.29, 1.82) is 0 Å². The average molecular weight is 245 g/mol. The number of nitrogens with two attached hydrogens (primary N) is 1. The van der Waals surface area contributed by atoms with Crippen LogP contribution in [0.1, 0.15) is 5.56 Å². The van der Waals surface area contributed by atoms with Crippen LogP contribution in [0.15, 0.2) is 30.3 Å². The first-order valence-corrected chi connectivity index (χ1v) is 5.76. The lowest BCUT2D eigenvalue weighted by Gasteiger charge is -2.24. The zero-order chi connectivity index (χ0) is 12.4. The van der Waals surface area contributed by atoms with Crippen molar-refractivity contribution in [3.63, 3.8) is 0 Å². The molecule has 7 heteroatoms. The summed E-state index contributed by atoms with van der Waals surface area (Å²) in [7, 11) is -4.85. The molecule has 0 saturated heterocycles. The molecular formula is C9H11NO5S. The van der Waals surface area contributed by atoms with Gasteiger partial charge in [0.1, 0.15) is 0 Å². The van der Waals surface area contributed by atoms with E-state index in [2.05, 4.69) is 0 Å². The van der Waals surface area contributed by atoms with E-state index in [1.807, 2.05) is 0 Å². The van der Waals surface area contributed by atoms with E-state index in [0.29, 0.717) is 0 Å². The maximum absolute atomic E-state index is 11.2. The van der Waals surface area contributed by atoms with Crippen molar-refractivity contribution in [2.24, 2.45) is 5.73 Å². The van der Waals surface area contributed by atoms with E-state index >= 15 is 0 Å². The molecule has 4 N–H and O–H groups in total. The smallest absolute Gasteiger partial charge is 0.333 e. The summed E-state index contributed by atoms with van der Waals surface area (Å²) < 4.78 is 29.0. The van der Waals surface area contributed by atoms with Gasteiger partial charge in [-0.3, -0.25) is 4.55 Å². The fraction of sp³-hybridized carbons (Fsp3) is 0.222. The second kappa shape index (κ2) is 4.20. The summed E-state index contributed by atoms with van der Waals surface area (Å²) in [5.74, 6) is -1.70. The van der Waals surface area contributed by atoms with E-state index in [-0.39, 0.29) is 5.56 Å². The average Bonchev–Trinajstić information content (AvgIpc) is 2.18. The molecule has 1 rings (SSSR count). The van der Waals surface area contributed by atoms with E-state index in [9.17, 15) is 13.2 Å². The molecule has 1 aromatic carbocycles. The number of carboxylic acids is 1. The zero-order valence-corrected chi connectivity index (χ0v) is 9.02. The van der Waals surface area contributed by atoms with Crippen LogP contribution in [-0.2, 0) is 19.7 Å². The Morgan fingerprint density at radius 1 is 1.31 bits per heavy atom. The third kappa shape index (κ3) is 1.80. The van der Waals surface area contributed by atoms with E-state index < -0.39 is 27.4 Å². The highest BCUT2D eigenvalue weighted by Gasteiger charge is 2.51. The first-order valence-electron chi connectivity index (χ1n) is 4.32. The Morgan fingerprint density at radius 3 is 2.12 bits per heavy atom. The van der Waals surface area contributed by atoms with Gasteiger partial charge >= 0.3 is 5.97 Å². The predicted octanol–water partition coefficient (Wildman–Crippen LogP) is -0.187. The third-order valence-corrected chi connectivity index (χ3v) is 3.77. The lowest BCUT2D eigenvalue weighted by Crippen LogP contribution is -2.49. The second-order valence-electron chi connectivity index (χ2n) is 3.18. The number of benzene rings is 1. The molecule has 0 amide bonds. The number of carbonyl (C=O) groups is 1. The van der Waals surface area contributed by atoms with Gasteiger partial charge in [0.15, 0.2) is 0 Å². The number of hydrogen-bond donors (Lipinski definition) is 3. The number of hydrogen-bond acceptors (Lipinski definition) is 4. The van der Waals surface area contributed by atoms with Crippen LogP contribution in [0.3, 0.4) is 0 Å². The van der Waals surface area contributed by atoms with E-state index in [1.54, 1.807) is 6.07 Å². The zero-order valence-electron chi connectivity index (χ0n) is 8.20. The SMILES string of the molecule is NCC(C(=O)O)(c1ccccc1)S(=O)(=O)O. The van der Waals surface area contributed by atoms with Gasteiger partial charge < -0.3 is 10.8 Å². The maximum atomic E-state index is 11.2. The molecule has 0 aliphatic rings. The van der Waals surface area contributed by atoms with Gasteiger partial charge in [-0.2, -0.15) is 8.42 Å². The summed E-state index contributed by atoms with van der Waals surface area (Å²) in [4.78, 5) is 11.1. The quantitative estimate of drug-likeness (QED) is 0.633. The summed E-state index contributed by atoms with van der Waals surface area (Å²) in [6, 6.07) is 7.10. The highest BCUT2D eigenvalue weighted by molar-refractivity contribution is 7.87. The summed E-state index contributed by atoms with van der Waals surface area (Å²) in [5.41, 5.74) is 5.13. The molecule has 0 spiro atoms. The summed E-state index contributed by atoms with van der Waals surface area (Å²) >= 11 is 0. The molecule has 0 aliphatic heterocycles. The number of carboxylic acid groups (broad SMARTS) is 1. The largest absolute Gasteiger partial charge is 0.480 e. The fourth-order valence-corrected chi connectivity index (χ4v) is 2.27. The molecule has 0 bridgehead atoms. The molecule has 16 heavy (non-hydrogen) atoms. The van der Waals surface area contributed by atoms with Gasteiger partial charge in [-0.1, -0.05) is 30.3 Å². The minimum Gasteiger partial charge on any atom is -0.480 e. The topological polar surface area (TPSA) is 118 Å². The van der Waals surface area contributed by atoms with Crippen LogP contribution in [-0.4, -0.2) is 30.6 Å². The molecule has 0 heterocycles. The standard InChI is InChI=1S/C9H11NO5S/c10-6-9(8(11)12,16(13,14)15)7-4-2-1-3-5-7/h1-5H,6,10H2,(H,11,12)(H,13,14,15). The summed E-state index contributed by atoms with van der Waals surface area (Å²) in [6.45, 7) is -0.745. The van der Waals surface area contributed by atoms with Gasteiger partial charge in [-0.15, -0.1) is 0 Å². The highest BCUT2D eigenvalue weighted by atomic mass is 32.2. The molecule has 88 valence electrons. The number of aliphatic carboxylic acids is 1. The summed E-state index contributed by atoms with van der Waals surface area (Å²) in [6.07, 6.45) is 0. The monoisotopic (exact) mass is 245 g/mol. The predicted molar refractivity (Wildman–Crippen MR) is 56.4 cm³/mol. The van der Waals surface area contributed by atoms with Crippen LogP contribution in [0, 0.1) is 0 Å². The molecular weight excluding hydrogens is 234 g/mol. The summed E-state index contributed by atoms with van der Waals surface area (Å²) in [5, 5.41) is 8.99. The Balaban J connectivity index is 3.55. The van der Waals surface area contributed by atoms with Gasteiger partial charge in [0.05, 0.1) is 0 Å². The Bertz CT molecular complexity index is 484. The molecule has 0 aliphatic carbocycles. The maximum Gasteiger partial charge on any atom is 0.333 e. The Kier molecular flexibility index (Phi) is 3.32. The van der Waals surface area contributed by atoms with Crippen LogP contribution < -0.4 is 5.73 Å². The van der Waals surface area contributed by atoms with Crippen molar-refractivity contribution < 1.29 is 22.9 Å². The Morgan fingerprint density at radius 2 is 1.81 bits per heavy atom. The van der Waals surface area contributed by atoms with E-state index in [4.69, 9.17) is 15.4 Å². The minimum atomic E-state index is -4.85. The molecule has 0 radical (unpaired) electrons. The molecule has 0 aromatic heterocycles. The van der Waals surface area contributed by atoms with Gasteiger partial charge in [-0.05, 0) is 5.56 Å². The second-order valence-corrected chi connectivity index (χ2v) is 4.82. The molecule has 1 unspecified atom stereocenters. The van der Waals surface area contributed by atoms with Crippen molar-refractivity contribution in [1.82, 2.24) is 0 Å². The molecule has 6 nitrogen and oxygen atoms in total. The fourth-order valence-electron chi connectivity index (χ4n) is 1.40. The molecule has 1 aromatic rings. The lowest BCUT2D eigenvalue weighted by atomic mass is 9.98. The van der Waals surface area contributed by atoms with Crippen LogP contribution in [0.2, 0.25) is 0 Å². The molecule has 1 atom stereocenters. The highest BCUT2D eigenvalue weighted by Crippen LogP contribution is 2.29. The minimum absolute atomic E-state index is 0.0764. The van der Waals surface area contributed by atoms with Crippen LogP contribution in [0.5, 0.6) is 0 Å². The van der Waals surface area contributed by atoms with Crippen molar-refractivity contribution >= 4 is 16.1 Å². The van der Waals surface area contributed by atoms with Crippen LogP contribution >= 0.6 is 0 Å². The molecule has 0 saturated carbocycles. The van der Waals surface area contributed by atoms with Gasteiger partial charge in [0, 0.05) is 6.54 Å². The van der Waals surface area contributed by atoms with E-state index in [0.717, 1.165) is 0 Å². The van der Waals surface area contributed by atoms with Crippen LogP contribution in [0.4, 0.5) is 0 Å². The van der Waals surface area contributed by atoms with Crippen molar-refractivity contribution in [2.75, 3.05) is 6.54 Å². The van der Waals surface area contributed by atoms with Crippen molar-refractivity contribution in [2.45, 2.75) is 4.75 Å². The number of rotatable bonds is 4. The van der Waals surface area contributed by atoms with E-state index in [1.165, 1.54) is 24.3 Å². The normalized spacial score (nSPS) is 15.4.